The second-order valence-corrected chi connectivity index (χ2v) is 9.36. The van der Waals surface area contributed by atoms with Crippen LogP contribution in [0.3, 0.4) is 0 Å². The van der Waals surface area contributed by atoms with Gasteiger partial charge in [0.1, 0.15) is 0 Å². The van der Waals surface area contributed by atoms with Crippen molar-refractivity contribution in [2.45, 2.75) is 64.5 Å². The van der Waals surface area contributed by atoms with Crippen molar-refractivity contribution in [2.75, 3.05) is 6.54 Å². The molecule has 0 N–H and O–H groups in total. The van der Waals surface area contributed by atoms with Crippen LogP contribution in [0, 0.1) is 5.92 Å². The molecular formula is C26H33Cl2N. The number of rotatable bonds is 7. The first-order chi connectivity index (χ1) is 13.9. The number of hydrogen-bond acceptors (Lipinski definition) is 1. The van der Waals surface area contributed by atoms with E-state index in [-0.39, 0.29) is 0 Å². The van der Waals surface area contributed by atoms with Gasteiger partial charge in [-0.2, -0.15) is 0 Å². The van der Waals surface area contributed by atoms with Gasteiger partial charge in [0.25, 0.3) is 0 Å². The first kappa shape index (κ1) is 22.4. The number of benzene rings is 1. The maximum Gasteiger partial charge on any atom is 0.0598 e. The molecule has 0 amide bonds. The zero-order valence-electron chi connectivity index (χ0n) is 17.8. The van der Waals surface area contributed by atoms with Gasteiger partial charge in [0.15, 0.2) is 0 Å². The van der Waals surface area contributed by atoms with Gasteiger partial charge in [-0.15, -0.1) is 6.58 Å². The molecule has 0 saturated carbocycles. The molecule has 156 valence electrons. The first-order valence-corrected chi connectivity index (χ1v) is 11.6. The van der Waals surface area contributed by atoms with Gasteiger partial charge >= 0.3 is 0 Å². The van der Waals surface area contributed by atoms with Crippen LogP contribution >= 0.6 is 23.2 Å². The van der Waals surface area contributed by atoms with Gasteiger partial charge < -0.3 is 0 Å². The lowest BCUT2D eigenvalue weighted by molar-refractivity contribution is 0.0738. The van der Waals surface area contributed by atoms with E-state index in [1.54, 1.807) is 0 Å². The van der Waals surface area contributed by atoms with Crippen LogP contribution < -0.4 is 0 Å². The number of allylic oxidation sites excluding steroid dienone is 3. The molecule has 0 spiro atoms. The summed E-state index contributed by atoms with van der Waals surface area (Å²) in [7, 11) is 0. The molecule has 2 aliphatic heterocycles. The molecule has 1 nitrogen and oxygen atoms in total. The molecule has 1 fully saturated rings. The quantitative estimate of drug-likeness (QED) is 0.312. The van der Waals surface area contributed by atoms with Crippen LogP contribution in [0.2, 0.25) is 10.0 Å². The molecule has 3 aliphatic rings. The van der Waals surface area contributed by atoms with Crippen LogP contribution in [0.15, 0.2) is 60.7 Å². The summed E-state index contributed by atoms with van der Waals surface area (Å²) in [5.74, 6) is 0.421. The highest BCUT2D eigenvalue weighted by molar-refractivity contribution is 6.42. The second kappa shape index (κ2) is 10.2. The van der Waals surface area contributed by atoms with Crippen molar-refractivity contribution < 1.29 is 0 Å². The van der Waals surface area contributed by atoms with Crippen LogP contribution in [0.25, 0.3) is 5.57 Å². The Morgan fingerprint density at radius 3 is 2.66 bits per heavy atom. The van der Waals surface area contributed by atoms with Crippen LogP contribution in [-0.2, 0) is 0 Å². The smallest absolute Gasteiger partial charge is 0.0598 e. The number of halogens is 2. The highest BCUT2D eigenvalue weighted by Gasteiger charge is 2.38. The Labute approximate surface area is 186 Å². The van der Waals surface area contributed by atoms with E-state index in [0.29, 0.717) is 28.0 Å². The van der Waals surface area contributed by atoms with E-state index < -0.39 is 0 Å². The predicted molar refractivity (Wildman–Crippen MR) is 129 cm³/mol. The van der Waals surface area contributed by atoms with Crippen LogP contribution in [-0.4, -0.2) is 23.5 Å². The third kappa shape index (κ3) is 5.26. The van der Waals surface area contributed by atoms with Crippen LogP contribution in [0.4, 0.5) is 0 Å². The lowest BCUT2D eigenvalue weighted by Crippen LogP contribution is -2.51. The SMILES string of the molecule is C=C(C)CC1C2CCC(/C=C\C=C(\c3ccc(Cl)c(Cl)c3)C2=C)N1CCCCC. The van der Waals surface area contributed by atoms with Gasteiger partial charge in [-0.25, -0.2) is 0 Å². The standard InChI is InChI=1S/C26H33Cl2N/c1-5-6-7-15-29-21-9-8-10-22(20-11-14-24(27)25(28)17-20)19(4)23(13-12-21)26(29)16-18(2)3/h8-11,14,17,21,23,26H,2,4-7,12-13,15-16H2,1,3H3/b9-8-,22-10+. The summed E-state index contributed by atoms with van der Waals surface area (Å²) in [6.07, 6.45) is 13.9. The summed E-state index contributed by atoms with van der Waals surface area (Å²) in [4.78, 5) is 2.73. The van der Waals surface area contributed by atoms with E-state index in [9.17, 15) is 0 Å². The number of fused-ring (bicyclic) bond motifs is 4. The molecule has 2 bridgehead atoms. The molecule has 0 radical (unpaired) electrons. The Morgan fingerprint density at radius 1 is 1.17 bits per heavy atom. The first-order valence-electron chi connectivity index (χ1n) is 10.9. The van der Waals surface area contributed by atoms with Gasteiger partial charge in [0.05, 0.1) is 10.0 Å². The van der Waals surface area contributed by atoms with Crippen molar-refractivity contribution in [1.82, 2.24) is 4.90 Å². The van der Waals surface area contributed by atoms with E-state index in [4.69, 9.17) is 23.2 Å². The van der Waals surface area contributed by atoms with Gasteiger partial charge in [-0.3, -0.25) is 4.90 Å². The van der Waals surface area contributed by atoms with E-state index in [2.05, 4.69) is 56.2 Å². The second-order valence-electron chi connectivity index (χ2n) is 8.54. The topological polar surface area (TPSA) is 3.24 Å². The van der Waals surface area contributed by atoms with E-state index >= 15 is 0 Å². The zero-order chi connectivity index (χ0) is 21.0. The molecule has 1 aromatic rings. The molecule has 2 heterocycles. The Hall–Kier alpha value is -1.28. The van der Waals surface area contributed by atoms with Crippen molar-refractivity contribution in [3.63, 3.8) is 0 Å². The fourth-order valence-corrected chi connectivity index (χ4v) is 5.12. The monoisotopic (exact) mass is 429 g/mol. The third-order valence-electron chi connectivity index (χ3n) is 6.29. The van der Waals surface area contributed by atoms with Crippen molar-refractivity contribution in [1.29, 1.82) is 0 Å². The molecule has 1 saturated heterocycles. The van der Waals surface area contributed by atoms with E-state index in [1.807, 2.05) is 12.1 Å². The molecule has 4 rings (SSSR count). The summed E-state index contributed by atoms with van der Waals surface area (Å²) in [5.41, 5.74) is 4.72. The Balaban J connectivity index is 1.97. The third-order valence-corrected chi connectivity index (χ3v) is 7.03. The van der Waals surface area contributed by atoms with Gasteiger partial charge in [-0.1, -0.05) is 79.4 Å². The highest BCUT2D eigenvalue weighted by Crippen LogP contribution is 2.42. The van der Waals surface area contributed by atoms with Crippen molar-refractivity contribution in [3.05, 3.63) is 76.3 Å². The Morgan fingerprint density at radius 2 is 1.97 bits per heavy atom. The molecule has 3 heteroatoms. The lowest BCUT2D eigenvalue weighted by atomic mass is 9.76. The molecule has 3 unspecified atom stereocenters. The van der Waals surface area contributed by atoms with Crippen LogP contribution in [0.1, 0.15) is 57.9 Å². The number of piperidine rings is 1. The Kier molecular flexibility index (Phi) is 7.85. The number of hydrogen-bond donors (Lipinski definition) is 0. The largest absolute Gasteiger partial charge is 0.293 e. The fraction of sp³-hybridized carbons (Fsp3) is 0.462. The van der Waals surface area contributed by atoms with Crippen molar-refractivity contribution in [2.24, 2.45) is 5.92 Å². The number of unbranched alkanes of at least 4 members (excludes halogenated alkanes) is 2. The summed E-state index contributed by atoms with van der Waals surface area (Å²) in [6, 6.07) is 6.83. The normalized spacial score (nSPS) is 27.7. The minimum Gasteiger partial charge on any atom is -0.293 e. The predicted octanol–water partition coefficient (Wildman–Crippen LogP) is 8.11. The van der Waals surface area contributed by atoms with Gasteiger partial charge in [-0.05, 0) is 73.9 Å². The van der Waals surface area contributed by atoms with Gasteiger partial charge in [0, 0.05) is 12.1 Å². The minimum atomic E-state index is 0.421. The van der Waals surface area contributed by atoms with E-state index in [0.717, 1.165) is 24.9 Å². The molecule has 0 aromatic heterocycles. The van der Waals surface area contributed by atoms with Gasteiger partial charge in [0.2, 0.25) is 0 Å². The Bertz CT molecular complexity index is 820. The minimum absolute atomic E-state index is 0.421. The molecule has 1 aromatic carbocycles. The summed E-state index contributed by atoms with van der Waals surface area (Å²) in [6.45, 7) is 14.4. The fourth-order valence-electron chi connectivity index (χ4n) is 4.82. The zero-order valence-corrected chi connectivity index (χ0v) is 19.3. The molecule has 1 aliphatic carbocycles. The van der Waals surface area contributed by atoms with Crippen molar-refractivity contribution in [3.8, 4) is 0 Å². The maximum absolute atomic E-state index is 6.33. The highest BCUT2D eigenvalue weighted by atomic mass is 35.5. The summed E-state index contributed by atoms with van der Waals surface area (Å²) in [5, 5.41) is 1.18. The molecule has 3 atom stereocenters. The number of nitrogens with zero attached hydrogens (tertiary/aromatic N) is 1. The average Bonchev–Trinajstić information content (AvgIpc) is 2.78. The summed E-state index contributed by atoms with van der Waals surface area (Å²) < 4.78 is 0. The molecule has 29 heavy (non-hydrogen) atoms. The lowest BCUT2D eigenvalue weighted by Gasteiger charge is -2.46. The van der Waals surface area contributed by atoms with Crippen molar-refractivity contribution >= 4 is 28.8 Å². The average molecular weight is 430 g/mol. The van der Waals surface area contributed by atoms with Crippen LogP contribution in [0.5, 0.6) is 0 Å². The van der Waals surface area contributed by atoms with E-state index in [1.165, 1.54) is 42.4 Å². The summed E-state index contributed by atoms with van der Waals surface area (Å²) >= 11 is 12.5. The molecular weight excluding hydrogens is 397 g/mol. The maximum atomic E-state index is 6.33.